The Kier molecular flexibility index (Phi) is 5.04. The van der Waals surface area contributed by atoms with E-state index in [0.29, 0.717) is 13.1 Å². The summed E-state index contributed by atoms with van der Waals surface area (Å²) in [6, 6.07) is 3.13. The Hall–Kier alpha value is -1.20. The number of benzene rings is 1. The standard InChI is InChI=1S/C12H14F2N2O.ClH/c13-9-1-2-11(14)8(5-9)6-12(17)16-4-3-10(15)7-16;/h1-2,5,10H,3-4,6-7,15H2;1H/t10-;/m0./s1. The molecular weight excluding hydrogens is 262 g/mol. The van der Waals surface area contributed by atoms with Crippen LogP contribution in [0.2, 0.25) is 0 Å². The molecule has 100 valence electrons. The molecule has 0 aromatic heterocycles. The molecule has 1 aromatic rings. The molecule has 0 radical (unpaired) electrons. The molecule has 1 fully saturated rings. The second kappa shape index (κ2) is 6.11. The van der Waals surface area contributed by atoms with E-state index in [-0.39, 0.29) is 36.3 Å². The summed E-state index contributed by atoms with van der Waals surface area (Å²) < 4.78 is 26.3. The zero-order valence-corrected chi connectivity index (χ0v) is 10.6. The van der Waals surface area contributed by atoms with Gasteiger partial charge in [0.25, 0.3) is 0 Å². The smallest absolute Gasteiger partial charge is 0.227 e. The second-order valence-corrected chi connectivity index (χ2v) is 4.30. The minimum atomic E-state index is -0.553. The van der Waals surface area contributed by atoms with E-state index < -0.39 is 11.6 Å². The molecule has 3 nitrogen and oxygen atoms in total. The van der Waals surface area contributed by atoms with Crippen LogP contribution in [0.25, 0.3) is 0 Å². The van der Waals surface area contributed by atoms with Crippen molar-refractivity contribution in [2.75, 3.05) is 13.1 Å². The Bertz CT molecular complexity index is 442. The Morgan fingerprint density at radius 2 is 2.17 bits per heavy atom. The van der Waals surface area contributed by atoms with Gasteiger partial charge in [0.2, 0.25) is 5.91 Å². The van der Waals surface area contributed by atoms with E-state index in [2.05, 4.69) is 0 Å². The summed E-state index contributed by atoms with van der Waals surface area (Å²) in [6.45, 7) is 1.09. The van der Waals surface area contributed by atoms with Gasteiger partial charge in [-0.15, -0.1) is 12.4 Å². The third kappa shape index (κ3) is 3.40. The van der Waals surface area contributed by atoms with E-state index in [9.17, 15) is 13.6 Å². The maximum Gasteiger partial charge on any atom is 0.227 e. The molecule has 0 aliphatic carbocycles. The highest BCUT2D eigenvalue weighted by Gasteiger charge is 2.24. The Balaban J connectivity index is 0.00000162. The molecule has 0 saturated carbocycles. The molecule has 1 atom stereocenters. The van der Waals surface area contributed by atoms with E-state index in [0.717, 1.165) is 24.6 Å². The number of rotatable bonds is 2. The van der Waals surface area contributed by atoms with Gasteiger partial charge in [0.15, 0.2) is 0 Å². The molecule has 1 aliphatic heterocycles. The van der Waals surface area contributed by atoms with Gasteiger partial charge >= 0.3 is 0 Å². The SMILES string of the molecule is Cl.N[C@H]1CCN(C(=O)Cc2cc(F)ccc2F)C1. The van der Waals surface area contributed by atoms with Crippen LogP contribution < -0.4 is 5.73 Å². The first-order valence-corrected chi connectivity index (χ1v) is 5.53. The van der Waals surface area contributed by atoms with Crippen molar-refractivity contribution >= 4 is 18.3 Å². The first-order chi connectivity index (χ1) is 8.06. The molecule has 1 saturated heterocycles. The molecule has 1 aliphatic rings. The van der Waals surface area contributed by atoms with Gasteiger partial charge in [-0.2, -0.15) is 0 Å². The Morgan fingerprint density at radius 1 is 1.44 bits per heavy atom. The first kappa shape index (κ1) is 14.9. The number of nitrogens with zero attached hydrogens (tertiary/aromatic N) is 1. The maximum atomic E-state index is 13.3. The normalized spacial score (nSPS) is 18.6. The summed E-state index contributed by atoms with van der Waals surface area (Å²) in [5, 5.41) is 0. The number of halogens is 3. The Labute approximate surface area is 110 Å². The topological polar surface area (TPSA) is 46.3 Å². The van der Waals surface area contributed by atoms with Crippen LogP contribution in [0.3, 0.4) is 0 Å². The minimum Gasteiger partial charge on any atom is -0.341 e. The molecule has 18 heavy (non-hydrogen) atoms. The predicted molar refractivity (Wildman–Crippen MR) is 66.5 cm³/mol. The molecule has 1 amide bonds. The molecule has 0 spiro atoms. The van der Waals surface area contributed by atoms with Crippen molar-refractivity contribution in [2.24, 2.45) is 5.73 Å². The molecular formula is C12H15ClF2N2O. The van der Waals surface area contributed by atoms with Gasteiger partial charge in [0.05, 0.1) is 6.42 Å². The second-order valence-electron chi connectivity index (χ2n) is 4.30. The number of carbonyl (C=O) groups excluding carboxylic acids is 1. The summed E-state index contributed by atoms with van der Waals surface area (Å²) in [7, 11) is 0. The molecule has 0 bridgehead atoms. The fraction of sp³-hybridized carbons (Fsp3) is 0.417. The van der Waals surface area contributed by atoms with E-state index in [1.807, 2.05) is 0 Å². The van der Waals surface area contributed by atoms with Crippen LogP contribution in [0.4, 0.5) is 8.78 Å². The number of hydrogen-bond acceptors (Lipinski definition) is 2. The van der Waals surface area contributed by atoms with Crippen LogP contribution >= 0.6 is 12.4 Å². The monoisotopic (exact) mass is 276 g/mol. The van der Waals surface area contributed by atoms with Crippen molar-refractivity contribution in [3.8, 4) is 0 Å². The van der Waals surface area contributed by atoms with E-state index in [1.165, 1.54) is 0 Å². The summed E-state index contributed by atoms with van der Waals surface area (Å²) in [6.07, 6.45) is 0.647. The molecule has 2 rings (SSSR count). The van der Waals surface area contributed by atoms with Crippen molar-refractivity contribution in [2.45, 2.75) is 18.9 Å². The third-order valence-electron chi connectivity index (χ3n) is 2.93. The van der Waals surface area contributed by atoms with Crippen LogP contribution in [-0.2, 0) is 11.2 Å². The first-order valence-electron chi connectivity index (χ1n) is 5.53. The van der Waals surface area contributed by atoms with E-state index in [1.54, 1.807) is 4.90 Å². The average molecular weight is 277 g/mol. The molecule has 1 aromatic carbocycles. The molecule has 1 heterocycles. The van der Waals surface area contributed by atoms with Crippen molar-refractivity contribution in [3.63, 3.8) is 0 Å². The van der Waals surface area contributed by atoms with Crippen LogP contribution in [0.15, 0.2) is 18.2 Å². The molecule has 2 N–H and O–H groups in total. The summed E-state index contributed by atoms with van der Waals surface area (Å²) in [4.78, 5) is 13.4. The lowest BCUT2D eigenvalue weighted by molar-refractivity contribution is -0.129. The number of nitrogens with two attached hydrogens (primary N) is 1. The molecule has 0 unspecified atom stereocenters. The third-order valence-corrected chi connectivity index (χ3v) is 2.93. The summed E-state index contributed by atoms with van der Waals surface area (Å²) >= 11 is 0. The van der Waals surface area contributed by atoms with Crippen molar-refractivity contribution < 1.29 is 13.6 Å². The van der Waals surface area contributed by atoms with Crippen LogP contribution in [-0.4, -0.2) is 29.9 Å². The maximum absolute atomic E-state index is 13.3. The lowest BCUT2D eigenvalue weighted by Gasteiger charge is -2.15. The van der Waals surface area contributed by atoms with Crippen LogP contribution in [0.5, 0.6) is 0 Å². The largest absolute Gasteiger partial charge is 0.341 e. The average Bonchev–Trinajstić information content (AvgIpc) is 2.70. The number of hydrogen-bond donors (Lipinski definition) is 1. The quantitative estimate of drug-likeness (QED) is 0.890. The number of amides is 1. The lowest BCUT2D eigenvalue weighted by atomic mass is 10.1. The number of carbonyl (C=O) groups is 1. The van der Waals surface area contributed by atoms with E-state index >= 15 is 0 Å². The van der Waals surface area contributed by atoms with Crippen molar-refractivity contribution in [1.29, 1.82) is 0 Å². The van der Waals surface area contributed by atoms with Crippen LogP contribution in [0.1, 0.15) is 12.0 Å². The lowest BCUT2D eigenvalue weighted by Crippen LogP contribution is -2.33. The van der Waals surface area contributed by atoms with Gasteiger partial charge in [-0.1, -0.05) is 0 Å². The van der Waals surface area contributed by atoms with Crippen molar-refractivity contribution in [1.82, 2.24) is 4.90 Å². The summed E-state index contributed by atoms with van der Waals surface area (Å²) in [5.41, 5.74) is 5.78. The van der Waals surface area contributed by atoms with Gasteiger partial charge in [-0.25, -0.2) is 8.78 Å². The molecule has 6 heteroatoms. The minimum absolute atomic E-state index is 0. The highest BCUT2D eigenvalue weighted by molar-refractivity contribution is 5.85. The fourth-order valence-electron chi connectivity index (χ4n) is 1.97. The van der Waals surface area contributed by atoms with Gasteiger partial charge in [0, 0.05) is 24.7 Å². The van der Waals surface area contributed by atoms with Crippen molar-refractivity contribution in [3.05, 3.63) is 35.4 Å². The highest BCUT2D eigenvalue weighted by atomic mass is 35.5. The van der Waals surface area contributed by atoms with Gasteiger partial charge in [0.1, 0.15) is 11.6 Å². The zero-order valence-electron chi connectivity index (χ0n) is 9.73. The highest BCUT2D eigenvalue weighted by Crippen LogP contribution is 2.14. The predicted octanol–water partition coefficient (Wildman–Crippen LogP) is 1.49. The van der Waals surface area contributed by atoms with E-state index in [4.69, 9.17) is 5.73 Å². The fourth-order valence-corrected chi connectivity index (χ4v) is 1.97. The Morgan fingerprint density at radius 3 is 2.78 bits per heavy atom. The van der Waals surface area contributed by atoms with Crippen LogP contribution in [0, 0.1) is 11.6 Å². The zero-order chi connectivity index (χ0) is 12.4. The summed E-state index contributed by atoms with van der Waals surface area (Å²) in [5.74, 6) is -1.29. The number of likely N-dealkylation sites (tertiary alicyclic amines) is 1. The van der Waals surface area contributed by atoms with Gasteiger partial charge < -0.3 is 10.6 Å². The van der Waals surface area contributed by atoms with Gasteiger partial charge in [-0.3, -0.25) is 4.79 Å². The van der Waals surface area contributed by atoms with Gasteiger partial charge in [-0.05, 0) is 24.6 Å².